The molecule has 92 valence electrons. The van der Waals surface area contributed by atoms with Crippen LogP contribution in [-0.2, 0) is 13.0 Å². The van der Waals surface area contributed by atoms with E-state index in [-0.39, 0.29) is 0 Å². The summed E-state index contributed by atoms with van der Waals surface area (Å²) in [6.07, 6.45) is 1.94. The van der Waals surface area contributed by atoms with Gasteiger partial charge in [-0.15, -0.1) is 0 Å². The van der Waals surface area contributed by atoms with Crippen molar-refractivity contribution >= 4 is 0 Å². The van der Waals surface area contributed by atoms with Gasteiger partial charge in [0.2, 0.25) is 0 Å². The number of aryl methyl sites for hydroxylation is 1. The summed E-state index contributed by atoms with van der Waals surface area (Å²) in [4.78, 5) is 0. The van der Waals surface area contributed by atoms with Crippen molar-refractivity contribution in [3.8, 4) is 6.07 Å². The van der Waals surface area contributed by atoms with E-state index in [0.717, 1.165) is 25.1 Å². The van der Waals surface area contributed by atoms with Crippen LogP contribution >= 0.6 is 0 Å². The molecular weight excluding hydrogens is 220 g/mol. The van der Waals surface area contributed by atoms with Gasteiger partial charge in [-0.2, -0.15) is 5.26 Å². The third-order valence-corrected chi connectivity index (χ3v) is 3.14. The first-order valence-electron chi connectivity index (χ1n) is 6.38. The Balaban J connectivity index is 2.26. The van der Waals surface area contributed by atoms with Crippen molar-refractivity contribution in [3.63, 3.8) is 0 Å². The van der Waals surface area contributed by atoms with Crippen molar-refractivity contribution in [2.24, 2.45) is 0 Å². The molecule has 2 nitrogen and oxygen atoms in total. The van der Waals surface area contributed by atoms with E-state index in [1.54, 1.807) is 0 Å². The fourth-order valence-electron chi connectivity index (χ4n) is 2.16. The average molecular weight is 238 g/mol. The first-order valence-corrected chi connectivity index (χ1v) is 6.38. The lowest BCUT2D eigenvalue weighted by Gasteiger charge is -2.09. The van der Waals surface area contributed by atoms with Crippen molar-refractivity contribution < 1.29 is 0 Å². The molecule has 0 atom stereocenters. The number of nitriles is 1. The predicted octanol–water partition coefficient (Wildman–Crippen LogP) is 3.67. The second-order valence-corrected chi connectivity index (χ2v) is 4.64. The van der Waals surface area contributed by atoms with Gasteiger partial charge in [-0.05, 0) is 31.0 Å². The maximum absolute atomic E-state index is 9.09. The molecule has 0 amide bonds. The van der Waals surface area contributed by atoms with Gasteiger partial charge in [0, 0.05) is 18.7 Å². The fraction of sp³-hybridized carbons (Fsp3) is 0.312. The van der Waals surface area contributed by atoms with Crippen LogP contribution in [0.15, 0.2) is 36.4 Å². The minimum Gasteiger partial charge on any atom is -0.336 e. The number of rotatable bonds is 4. The fourth-order valence-corrected chi connectivity index (χ4v) is 2.16. The van der Waals surface area contributed by atoms with Crippen LogP contribution in [0.5, 0.6) is 0 Å². The highest BCUT2D eigenvalue weighted by Gasteiger charge is 2.07. The lowest BCUT2D eigenvalue weighted by molar-refractivity contribution is 0.650. The highest BCUT2D eigenvalue weighted by molar-refractivity contribution is 5.31. The minimum absolute atomic E-state index is 0.763. The zero-order valence-corrected chi connectivity index (χ0v) is 11.0. The maximum atomic E-state index is 9.09. The Morgan fingerprint density at radius 2 is 1.83 bits per heavy atom. The average Bonchev–Trinajstić information content (AvgIpc) is 2.75. The molecule has 2 rings (SSSR count). The molecule has 0 saturated heterocycles. The molecule has 0 N–H and O–H groups in total. The number of nitrogens with zero attached hydrogens (tertiary/aromatic N) is 2. The molecule has 18 heavy (non-hydrogen) atoms. The molecule has 0 unspecified atom stereocenters. The Morgan fingerprint density at radius 3 is 2.44 bits per heavy atom. The SMILES string of the molecule is CCCn1c(C#N)ccc1Cc1ccc(C)cc1. The Hall–Kier alpha value is -2.01. The zero-order valence-electron chi connectivity index (χ0n) is 11.0. The van der Waals surface area contributed by atoms with E-state index in [0.29, 0.717) is 0 Å². The summed E-state index contributed by atoms with van der Waals surface area (Å²) in [6, 6.07) is 14.8. The normalized spacial score (nSPS) is 10.3. The van der Waals surface area contributed by atoms with Gasteiger partial charge in [0.15, 0.2) is 0 Å². The van der Waals surface area contributed by atoms with E-state index in [4.69, 9.17) is 5.26 Å². The lowest BCUT2D eigenvalue weighted by atomic mass is 10.1. The third kappa shape index (κ3) is 2.62. The molecule has 2 aromatic rings. The number of aromatic nitrogens is 1. The molecule has 0 radical (unpaired) electrons. The van der Waals surface area contributed by atoms with Gasteiger partial charge in [0.25, 0.3) is 0 Å². The smallest absolute Gasteiger partial charge is 0.120 e. The van der Waals surface area contributed by atoms with E-state index in [1.165, 1.54) is 16.8 Å². The monoisotopic (exact) mass is 238 g/mol. The van der Waals surface area contributed by atoms with Crippen LogP contribution in [0.4, 0.5) is 0 Å². The number of hydrogen-bond donors (Lipinski definition) is 0. The largest absolute Gasteiger partial charge is 0.336 e. The summed E-state index contributed by atoms with van der Waals surface area (Å²) in [5.74, 6) is 0. The molecule has 1 aromatic heterocycles. The van der Waals surface area contributed by atoms with Gasteiger partial charge in [-0.1, -0.05) is 36.8 Å². The molecule has 0 saturated carbocycles. The van der Waals surface area contributed by atoms with Crippen LogP contribution in [0.25, 0.3) is 0 Å². The van der Waals surface area contributed by atoms with Crippen LogP contribution in [0.1, 0.15) is 35.9 Å². The molecule has 1 heterocycles. The quantitative estimate of drug-likeness (QED) is 0.799. The number of hydrogen-bond acceptors (Lipinski definition) is 1. The van der Waals surface area contributed by atoms with E-state index in [2.05, 4.69) is 54.8 Å². The van der Waals surface area contributed by atoms with Gasteiger partial charge in [-0.3, -0.25) is 0 Å². The van der Waals surface area contributed by atoms with Gasteiger partial charge in [-0.25, -0.2) is 0 Å². The highest BCUT2D eigenvalue weighted by Crippen LogP contribution is 2.15. The summed E-state index contributed by atoms with van der Waals surface area (Å²) in [5, 5.41) is 9.09. The standard InChI is InChI=1S/C16H18N2/c1-3-10-18-15(8-9-16(18)12-17)11-14-6-4-13(2)5-7-14/h4-9H,3,10-11H2,1-2H3. The summed E-state index contributed by atoms with van der Waals surface area (Å²) in [7, 11) is 0. The molecule has 0 aliphatic heterocycles. The van der Waals surface area contributed by atoms with Crippen molar-refractivity contribution in [2.75, 3.05) is 0 Å². The first-order chi connectivity index (χ1) is 8.74. The molecule has 0 aliphatic rings. The molecule has 0 spiro atoms. The number of benzene rings is 1. The molecule has 1 aromatic carbocycles. The van der Waals surface area contributed by atoms with Gasteiger partial charge in [0.05, 0.1) is 0 Å². The van der Waals surface area contributed by atoms with Crippen molar-refractivity contribution in [1.29, 1.82) is 5.26 Å². The first kappa shape index (κ1) is 12.4. The second kappa shape index (κ2) is 5.55. The molecule has 0 aliphatic carbocycles. The predicted molar refractivity (Wildman–Crippen MR) is 73.4 cm³/mol. The summed E-state index contributed by atoms with van der Waals surface area (Å²) < 4.78 is 2.12. The van der Waals surface area contributed by atoms with E-state index >= 15 is 0 Å². The third-order valence-electron chi connectivity index (χ3n) is 3.14. The van der Waals surface area contributed by atoms with Crippen LogP contribution < -0.4 is 0 Å². The molecular formula is C16H18N2. The Bertz CT molecular complexity index is 556. The highest BCUT2D eigenvalue weighted by atomic mass is 15.0. The summed E-state index contributed by atoms with van der Waals surface area (Å²) >= 11 is 0. The summed E-state index contributed by atoms with van der Waals surface area (Å²) in [5.41, 5.74) is 4.55. The van der Waals surface area contributed by atoms with Gasteiger partial charge < -0.3 is 4.57 Å². The summed E-state index contributed by atoms with van der Waals surface area (Å²) in [6.45, 7) is 5.14. The van der Waals surface area contributed by atoms with Crippen LogP contribution in [-0.4, -0.2) is 4.57 Å². The van der Waals surface area contributed by atoms with E-state index in [1.807, 2.05) is 6.07 Å². The maximum Gasteiger partial charge on any atom is 0.120 e. The Morgan fingerprint density at radius 1 is 1.11 bits per heavy atom. The van der Waals surface area contributed by atoms with Crippen molar-refractivity contribution in [3.05, 3.63) is 58.9 Å². The molecule has 2 heteroatoms. The van der Waals surface area contributed by atoms with Gasteiger partial charge >= 0.3 is 0 Å². The van der Waals surface area contributed by atoms with E-state index in [9.17, 15) is 0 Å². The van der Waals surface area contributed by atoms with Gasteiger partial charge in [0.1, 0.15) is 11.8 Å². The minimum atomic E-state index is 0.763. The Labute approximate surface area is 108 Å². The lowest BCUT2D eigenvalue weighted by Crippen LogP contribution is -2.05. The zero-order chi connectivity index (χ0) is 13.0. The topological polar surface area (TPSA) is 28.7 Å². The Kier molecular flexibility index (Phi) is 3.84. The van der Waals surface area contributed by atoms with E-state index < -0.39 is 0 Å². The van der Waals surface area contributed by atoms with Crippen LogP contribution in [0.3, 0.4) is 0 Å². The molecule has 0 bridgehead atoms. The second-order valence-electron chi connectivity index (χ2n) is 4.64. The molecule has 0 fully saturated rings. The van der Waals surface area contributed by atoms with Crippen molar-refractivity contribution in [2.45, 2.75) is 33.2 Å². The van der Waals surface area contributed by atoms with Crippen LogP contribution in [0.2, 0.25) is 0 Å². The van der Waals surface area contributed by atoms with Crippen molar-refractivity contribution in [1.82, 2.24) is 4.57 Å². The van der Waals surface area contributed by atoms with Crippen LogP contribution in [0, 0.1) is 18.3 Å².